The summed E-state index contributed by atoms with van der Waals surface area (Å²) in [5.74, 6) is 0.368. The summed E-state index contributed by atoms with van der Waals surface area (Å²) in [5.41, 5.74) is 0.758. The van der Waals surface area contributed by atoms with Crippen molar-refractivity contribution >= 4 is 23.5 Å². The fourth-order valence-corrected chi connectivity index (χ4v) is 3.09. The molecule has 1 saturated heterocycles. The van der Waals surface area contributed by atoms with Gasteiger partial charge in [-0.2, -0.15) is 0 Å². The van der Waals surface area contributed by atoms with Gasteiger partial charge in [0, 0.05) is 29.9 Å². The highest BCUT2D eigenvalue weighted by molar-refractivity contribution is 6.30. The Morgan fingerprint density at radius 1 is 1.19 bits per heavy atom. The van der Waals surface area contributed by atoms with Crippen molar-refractivity contribution in [2.75, 3.05) is 0 Å². The Labute approximate surface area is 158 Å². The van der Waals surface area contributed by atoms with Crippen LogP contribution < -0.4 is 5.32 Å². The van der Waals surface area contributed by atoms with Crippen molar-refractivity contribution in [2.45, 2.75) is 44.2 Å². The van der Waals surface area contributed by atoms with Gasteiger partial charge in [0.2, 0.25) is 0 Å². The largest absolute Gasteiger partial charge is 0.335 e. The molecule has 0 radical (unpaired) electrons. The predicted molar refractivity (Wildman–Crippen MR) is 101 cm³/mol. The van der Waals surface area contributed by atoms with Crippen LogP contribution in [0, 0.1) is 5.41 Å². The van der Waals surface area contributed by atoms with Gasteiger partial charge < -0.3 is 5.32 Å². The van der Waals surface area contributed by atoms with E-state index in [4.69, 9.17) is 17.0 Å². The minimum atomic E-state index is -0.164. The summed E-state index contributed by atoms with van der Waals surface area (Å²) in [4.78, 5) is 22.1. The number of hydrogen-bond donors (Lipinski definition) is 2. The molecule has 2 aliphatic rings. The number of carbonyl (C=O) groups excluding carboxylic acids is 1. The van der Waals surface area contributed by atoms with Crippen molar-refractivity contribution < 1.29 is 4.79 Å². The summed E-state index contributed by atoms with van der Waals surface area (Å²) in [6.07, 6.45) is 9.53. The van der Waals surface area contributed by atoms with E-state index in [0.29, 0.717) is 12.3 Å². The Morgan fingerprint density at radius 2 is 1.96 bits per heavy atom. The highest BCUT2D eigenvalue weighted by atomic mass is 35.5. The van der Waals surface area contributed by atoms with Crippen molar-refractivity contribution in [3.05, 3.63) is 59.6 Å². The summed E-state index contributed by atoms with van der Waals surface area (Å²) in [5, 5.41) is 11.7. The fraction of sp³-hybridized carbons (Fsp3) is 0.368. The van der Waals surface area contributed by atoms with Gasteiger partial charge in [-0.1, -0.05) is 29.8 Å². The summed E-state index contributed by atoms with van der Waals surface area (Å²) < 4.78 is 0. The van der Waals surface area contributed by atoms with Gasteiger partial charge >= 0.3 is 6.03 Å². The molecule has 26 heavy (non-hydrogen) atoms. The second-order valence-corrected chi connectivity index (χ2v) is 6.81. The van der Waals surface area contributed by atoms with E-state index in [1.54, 1.807) is 18.6 Å². The molecule has 0 bridgehead atoms. The second kappa shape index (κ2) is 8.76. The standard InChI is InChI=1S/C13H17N5O.C6H5Cl/c14-12-5-4-11(10-8-15-6-7-16-10)18(12)13(19)17-9-2-1-3-9;7-6-4-2-1-3-5-6/h6-9,11,14H,1-5H2,(H,17,19);1-5H. The first kappa shape index (κ1) is 18.3. The maximum Gasteiger partial charge on any atom is 0.323 e. The second-order valence-electron chi connectivity index (χ2n) is 6.37. The van der Waals surface area contributed by atoms with Gasteiger partial charge in [-0.25, -0.2) is 4.79 Å². The van der Waals surface area contributed by atoms with Crippen LogP contribution in [-0.4, -0.2) is 32.8 Å². The van der Waals surface area contributed by atoms with E-state index in [1.165, 1.54) is 11.3 Å². The van der Waals surface area contributed by atoms with E-state index in [-0.39, 0.29) is 18.1 Å². The lowest BCUT2D eigenvalue weighted by atomic mass is 9.93. The van der Waals surface area contributed by atoms with Crippen LogP contribution in [0.4, 0.5) is 4.79 Å². The Hall–Kier alpha value is -2.47. The van der Waals surface area contributed by atoms with Crippen LogP contribution in [0.5, 0.6) is 0 Å². The van der Waals surface area contributed by atoms with Crippen molar-refractivity contribution in [3.63, 3.8) is 0 Å². The fourth-order valence-electron chi connectivity index (χ4n) is 2.95. The third kappa shape index (κ3) is 4.58. The van der Waals surface area contributed by atoms with Gasteiger partial charge in [-0.3, -0.25) is 20.3 Å². The SMILES string of the molecule is Clc1ccccc1.N=C1CCC(c2cnccn2)N1C(=O)NC1CCC1. The molecule has 2 fully saturated rings. The molecule has 2 N–H and O–H groups in total. The van der Waals surface area contributed by atoms with Gasteiger partial charge in [-0.05, 0) is 37.8 Å². The van der Waals surface area contributed by atoms with Gasteiger partial charge in [0.15, 0.2) is 0 Å². The summed E-state index contributed by atoms with van der Waals surface area (Å²) in [6, 6.07) is 9.41. The van der Waals surface area contributed by atoms with Crippen molar-refractivity contribution in [3.8, 4) is 0 Å². The molecule has 2 aromatic rings. The van der Waals surface area contributed by atoms with E-state index >= 15 is 0 Å². The molecule has 2 heterocycles. The minimum absolute atomic E-state index is 0.152. The van der Waals surface area contributed by atoms with Crippen molar-refractivity contribution in [1.29, 1.82) is 5.41 Å². The number of carbonyl (C=O) groups is 1. The first-order chi connectivity index (χ1) is 12.6. The lowest BCUT2D eigenvalue weighted by Gasteiger charge is -2.31. The Morgan fingerprint density at radius 3 is 2.50 bits per heavy atom. The van der Waals surface area contributed by atoms with Gasteiger partial charge in [-0.15, -0.1) is 0 Å². The Kier molecular flexibility index (Phi) is 6.17. The van der Waals surface area contributed by atoms with E-state index < -0.39 is 0 Å². The predicted octanol–water partition coefficient (Wildman–Crippen LogP) is 4.19. The van der Waals surface area contributed by atoms with Crippen molar-refractivity contribution in [1.82, 2.24) is 20.2 Å². The number of likely N-dealkylation sites (tertiary alicyclic amines) is 1. The summed E-state index contributed by atoms with van der Waals surface area (Å²) in [7, 11) is 0. The Balaban J connectivity index is 0.000000236. The van der Waals surface area contributed by atoms with Crippen LogP contribution in [0.25, 0.3) is 0 Å². The smallest absolute Gasteiger partial charge is 0.323 e. The zero-order chi connectivity index (χ0) is 18.4. The average molecular weight is 372 g/mol. The number of rotatable bonds is 2. The first-order valence-corrected chi connectivity index (χ1v) is 9.16. The van der Waals surface area contributed by atoms with Crippen LogP contribution in [0.15, 0.2) is 48.9 Å². The van der Waals surface area contributed by atoms with Crippen LogP contribution >= 0.6 is 11.6 Å². The molecule has 136 valence electrons. The van der Waals surface area contributed by atoms with E-state index in [0.717, 1.165) is 30.0 Å². The number of amidine groups is 1. The molecule has 7 heteroatoms. The van der Waals surface area contributed by atoms with Crippen molar-refractivity contribution in [2.24, 2.45) is 0 Å². The highest BCUT2D eigenvalue weighted by Crippen LogP contribution is 2.32. The molecule has 1 unspecified atom stereocenters. The van der Waals surface area contributed by atoms with Crippen LogP contribution in [-0.2, 0) is 0 Å². The lowest BCUT2D eigenvalue weighted by Crippen LogP contribution is -2.48. The lowest BCUT2D eigenvalue weighted by molar-refractivity contribution is 0.199. The number of nitrogens with one attached hydrogen (secondary N) is 2. The number of hydrogen-bond acceptors (Lipinski definition) is 4. The van der Waals surface area contributed by atoms with E-state index in [2.05, 4.69) is 15.3 Å². The van der Waals surface area contributed by atoms with E-state index in [9.17, 15) is 4.79 Å². The zero-order valence-corrected chi connectivity index (χ0v) is 15.2. The van der Waals surface area contributed by atoms with Gasteiger partial charge in [0.25, 0.3) is 0 Å². The zero-order valence-electron chi connectivity index (χ0n) is 14.4. The monoisotopic (exact) mass is 371 g/mol. The normalized spacial score (nSPS) is 19.3. The molecule has 0 spiro atoms. The van der Waals surface area contributed by atoms with Gasteiger partial charge in [0.1, 0.15) is 5.84 Å². The molecule has 1 saturated carbocycles. The first-order valence-electron chi connectivity index (χ1n) is 8.79. The van der Waals surface area contributed by atoms with Crippen LogP contribution in [0.1, 0.15) is 43.8 Å². The summed E-state index contributed by atoms with van der Waals surface area (Å²) >= 11 is 5.54. The molecular weight excluding hydrogens is 350 g/mol. The molecule has 6 nitrogen and oxygen atoms in total. The number of amides is 2. The van der Waals surface area contributed by atoms with Crippen LogP contribution in [0.2, 0.25) is 5.02 Å². The topological polar surface area (TPSA) is 82.0 Å². The molecule has 1 aromatic carbocycles. The molecule has 2 amide bonds. The third-order valence-corrected chi connectivity index (χ3v) is 4.82. The molecule has 1 aliphatic carbocycles. The van der Waals surface area contributed by atoms with Crippen LogP contribution in [0.3, 0.4) is 0 Å². The Bertz CT molecular complexity index is 736. The number of nitrogens with zero attached hydrogens (tertiary/aromatic N) is 3. The molecular formula is C19H22ClN5O. The van der Waals surface area contributed by atoms with Gasteiger partial charge in [0.05, 0.1) is 17.9 Å². The minimum Gasteiger partial charge on any atom is -0.335 e. The maximum atomic E-state index is 12.3. The summed E-state index contributed by atoms with van der Waals surface area (Å²) in [6.45, 7) is 0. The number of aromatic nitrogens is 2. The number of benzene rings is 1. The maximum absolute atomic E-state index is 12.3. The molecule has 1 aromatic heterocycles. The highest BCUT2D eigenvalue weighted by Gasteiger charge is 2.36. The molecule has 4 rings (SSSR count). The number of halogens is 1. The quantitative estimate of drug-likeness (QED) is 0.830. The number of urea groups is 1. The third-order valence-electron chi connectivity index (χ3n) is 4.57. The molecule has 1 aliphatic heterocycles. The van der Waals surface area contributed by atoms with E-state index in [1.807, 2.05) is 30.3 Å². The average Bonchev–Trinajstić information content (AvgIpc) is 3.02. The molecule has 1 atom stereocenters.